The lowest BCUT2D eigenvalue weighted by Gasteiger charge is -2.37. The van der Waals surface area contributed by atoms with Crippen molar-refractivity contribution in [3.05, 3.63) is 54.1 Å². The number of carbonyl (C=O) groups is 1. The van der Waals surface area contributed by atoms with Crippen molar-refractivity contribution in [3.63, 3.8) is 0 Å². The van der Waals surface area contributed by atoms with Crippen LogP contribution in [0.3, 0.4) is 0 Å². The molecule has 5 heteroatoms. The lowest BCUT2D eigenvalue weighted by atomic mass is 9.94. The van der Waals surface area contributed by atoms with Gasteiger partial charge in [-0.15, -0.1) is 0 Å². The Morgan fingerprint density at radius 2 is 2.00 bits per heavy atom. The molecule has 2 fully saturated rings. The molecule has 0 bridgehead atoms. The zero-order valence-electron chi connectivity index (χ0n) is 16.0. The molecular weight excluding hydrogens is 336 g/mol. The first kappa shape index (κ1) is 18.2. The van der Waals surface area contributed by atoms with E-state index in [0.29, 0.717) is 12.5 Å². The molecule has 0 unspecified atom stereocenters. The highest BCUT2D eigenvalue weighted by atomic mass is 16.2. The van der Waals surface area contributed by atoms with Gasteiger partial charge < -0.3 is 14.8 Å². The molecule has 2 aromatic heterocycles. The second kappa shape index (κ2) is 8.70. The molecule has 1 N–H and O–H groups in total. The number of carbonyl (C=O) groups excluding carboxylic acids is 1. The minimum atomic E-state index is 0.110. The van der Waals surface area contributed by atoms with Gasteiger partial charge in [-0.3, -0.25) is 9.78 Å². The summed E-state index contributed by atoms with van der Waals surface area (Å²) in [6, 6.07) is 6.67. The summed E-state index contributed by atoms with van der Waals surface area (Å²) in [5, 5.41) is 0. The van der Waals surface area contributed by atoms with E-state index in [2.05, 4.69) is 14.9 Å². The fourth-order valence-corrected chi connectivity index (χ4v) is 4.65. The number of hydrogen-bond donors (Lipinski definition) is 1. The van der Waals surface area contributed by atoms with E-state index >= 15 is 0 Å². The molecule has 4 rings (SSSR count). The van der Waals surface area contributed by atoms with Gasteiger partial charge in [0, 0.05) is 43.9 Å². The number of amides is 1. The van der Waals surface area contributed by atoms with Crippen molar-refractivity contribution in [2.75, 3.05) is 19.6 Å². The lowest BCUT2D eigenvalue weighted by Crippen LogP contribution is -2.43. The van der Waals surface area contributed by atoms with Gasteiger partial charge in [-0.05, 0) is 62.4 Å². The maximum atomic E-state index is 13.0. The monoisotopic (exact) mass is 366 g/mol. The second-order valence-electron chi connectivity index (χ2n) is 8.06. The summed E-state index contributed by atoms with van der Waals surface area (Å²) >= 11 is 0. The van der Waals surface area contributed by atoms with Crippen LogP contribution in [-0.4, -0.2) is 51.4 Å². The van der Waals surface area contributed by atoms with Gasteiger partial charge in [0.2, 0.25) is 0 Å². The van der Waals surface area contributed by atoms with E-state index in [1.165, 1.54) is 51.6 Å². The van der Waals surface area contributed by atoms with Crippen molar-refractivity contribution in [2.45, 2.75) is 51.1 Å². The number of hydrogen-bond acceptors (Lipinski definition) is 3. The van der Waals surface area contributed by atoms with Crippen molar-refractivity contribution in [1.29, 1.82) is 0 Å². The minimum Gasteiger partial charge on any atom is -0.367 e. The van der Waals surface area contributed by atoms with Crippen molar-refractivity contribution in [2.24, 2.45) is 5.92 Å². The molecule has 1 saturated carbocycles. The van der Waals surface area contributed by atoms with E-state index in [0.717, 1.165) is 23.7 Å². The number of rotatable bonds is 6. The zero-order chi connectivity index (χ0) is 18.5. The van der Waals surface area contributed by atoms with Crippen LogP contribution in [0.2, 0.25) is 0 Å². The van der Waals surface area contributed by atoms with E-state index in [1.807, 2.05) is 35.5 Å². The van der Waals surface area contributed by atoms with Crippen molar-refractivity contribution < 1.29 is 4.79 Å². The lowest BCUT2D eigenvalue weighted by molar-refractivity contribution is 0.0650. The molecule has 27 heavy (non-hydrogen) atoms. The van der Waals surface area contributed by atoms with Crippen LogP contribution in [0.25, 0.3) is 0 Å². The molecule has 1 amide bonds. The smallest absolute Gasteiger partial charge is 0.255 e. The largest absolute Gasteiger partial charge is 0.367 e. The molecule has 1 aliphatic carbocycles. The summed E-state index contributed by atoms with van der Waals surface area (Å²) in [5.74, 6) is 0.695. The van der Waals surface area contributed by atoms with Gasteiger partial charge in [-0.1, -0.05) is 18.9 Å². The number of nitrogens with one attached hydrogen (secondary N) is 1. The van der Waals surface area contributed by atoms with E-state index in [4.69, 9.17) is 0 Å². The zero-order valence-corrected chi connectivity index (χ0v) is 16.0. The predicted octanol–water partition coefficient (Wildman–Crippen LogP) is 3.71. The maximum absolute atomic E-state index is 13.0. The van der Waals surface area contributed by atoms with Gasteiger partial charge in [0.1, 0.15) is 0 Å². The summed E-state index contributed by atoms with van der Waals surface area (Å²) in [6.07, 6.45) is 15.2. The quantitative estimate of drug-likeness (QED) is 0.848. The molecule has 0 aromatic carbocycles. The first-order chi connectivity index (χ1) is 13.3. The Balaban J connectivity index is 1.39. The molecule has 1 aliphatic heterocycles. The molecular formula is C22H30N4O. The SMILES string of the molecule is O=C(c1cc[nH]c1)N(Cc1cccnc1)CC1CCN(C2CCCC2)CC1. The standard InChI is InChI=1S/C22H30N4O/c27-22(20-7-11-24-15-20)26(17-19-4-3-10-23-14-19)16-18-8-12-25(13-9-18)21-5-1-2-6-21/h3-4,7,10-11,14-15,18,21,24H,1-2,5-6,8-9,12-13,16-17H2. The first-order valence-electron chi connectivity index (χ1n) is 10.3. The number of aromatic nitrogens is 2. The van der Waals surface area contributed by atoms with Gasteiger partial charge in [0.15, 0.2) is 0 Å². The van der Waals surface area contributed by atoms with Crippen LogP contribution in [0.15, 0.2) is 43.0 Å². The average molecular weight is 367 g/mol. The Morgan fingerprint density at radius 3 is 2.67 bits per heavy atom. The third-order valence-electron chi connectivity index (χ3n) is 6.20. The third kappa shape index (κ3) is 4.59. The summed E-state index contributed by atoms with van der Waals surface area (Å²) in [7, 11) is 0. The Bertz CT molecular complexity index is 701. The van der Waals surface area contributed by atoms with Crippen molar-refractivity contribution >= 4 is 5.91 Å². The highest BCUT2D eigenvalue weighted by Crippen LogP contribution is 2.28. The van der Waals surface area contributed by atoms with Crippen LogP contribution >= 0.6 is 0 Å². The normalized spacial score (nSPS) is 19.4. The molecule has 2 aliphatic rings. The molecule has 2 aromatic rings. The van der Waals surface area contributed by atoms with Gasteiger partial charge in [0.25, 0.3) is 5.91 Å². The minimum absolute atomic E-state index is 0.110. The predicted molar refractivity (Wildman–Crippen MR) is 106 cm³/mol. The second-order valence-corrected chi connectivity index (χ2v) is 8.06. The topological polar surface area (TPSA) is 52.2 Å². The van der Waals surface area contributed by atoms with E-state index in [9.17, 15) is 4.79 Å². The Hall–Kier alpha value is -2.14. The molecule has 0 atom stereocenters. The highest BCUT2D eigenvalue weighted by molar-refractivity contribution is 5.94. The van der Waals surface area contributed by atoms with Crippen LogP contribution < -0.4 is 0 Å². The highest BCUT2D eigenvalue weighted by Gasteiger charge is 2.29. The van der Waals surface area contributed by atoms with E-state index < -0.39 is 0 Å². The molecule has 3 heterocycles. The molecule has 5 nitrogen and oxygen atoms in total. The fraction of sp³-hybridized carbons (Fsp3) is 0.545. The maximum Gasteiger partial charge on any atom is 0.255 e. The van der Waals surface area contributed by atoms with Crippen LogP contribution in [-0.2, 0) is 6.54 Å². The molecule has 0 spiro atoms. The molecule has 1 saturated heterocycles. The Kier molecular flexibility index (Phi) is 5.87. The number of nitrogens with zero attached hydrogens (tertiary/aromatic N) is 3. The van der Waals surface area contributed by atoms with Gasteiger partial charge in [-0.2, -0.15) is 0 Å². The third-order valence-corrected chi connectivity index (χ3v) is 6.20. The van der Waals surface area contributed by atoms with E-state index in [-0.39, 0.29) is 5.91 Å². The Labute approximate surface area is 161 Å². The van der Waals surface area contributed by atoms with Crippen LogP contribution in [0.4, 0.5) is 0 Å². The number of likely N-dealkylation sites (tertiary alicyclic amines) is 1. The van der Waals surface area contributed by atoms with Gasteiger partial charge in [0.05, 0.1) is 5.56 Å². The number of aromatic amines is 1. The van der Waals surface area contributed by atoms with E-state index in [1.54, 1.807) is 12.4 Å². The number of piperidine rings is 1. The fourth-order valence-electron chi connectivity index (χ4n) is 4.65. The molecule has 0 radical (unpaired) electrons. The number of H-pyrrole nitrogens is 1. The molecule has 144 valence electrons. The number of pyridine rings is 1. The summed E-state index contributed by atoms with van der Waals surface area (Å²) < 4.78 is 0. The van der Waals surface area contributed by atoms with Crippen LogP contribution in [0.5, 0.6) is 0 Å². The van der Waals surface area contributed by atoms with Crippen molar-refractivity contribution in [3.8, 4) is 0 Å². The average Bonchev–Trinajstić information content (AvgIpc) is 3.42. The van der Waals surface area contributed by atoms with Crippen LogP contribution in [0.1, 0.15) is 54.4 Å². The van der Waals surface area contributed by atoms with Gasteiger partial charge >= 0.3 is 0 Å². The van der Waals surface area contributed by atoms with Gasteiger partial charge in [-0.25, -0.2) is 0 Å². The van der Waals surface area contributed by atoms with Crippen LogP contribution in [0, 0.1) is 5.92 Å². The van der Waals surface area contributed by atoms with Crippen molar-refractivity contribution in [1.82, 2.24) is 19.8 Å². The summed E-state index contributed by atoms with van der Waals surface area (Å²) in [5.41, 5.74) is 1.83. The Morgan fingerprint density at radius 1 is 1.19 bits per heavy atom. The first-order valence-corrected chi connectivity index (χ1v) is 10.3. The summed E-state index contributed by atoms with van der Waals surface area (Å²) in [4.78, 5) is 25.0. The summed E-state index contributed by atoms with van der Waals surface area (Å²) in [6.45, 7) is 3.83.